The summed E-state index contributed by atoms with van der Waals surface area (Å²) in [5, 5.41) is 4.26. The molecule has 5 nitrogen and oxygen atoms in total. The molecule has 6 heteroatoms. The van der Waals surface area contributed by atoms with Gasteiger partial charge in [-0.25, -0.2) is 4.98 Å². The van der Waals surface area contributed by atoms with Crippen LogP contribution in [0.5, 0.6) is 0 Å². The van der Waals surface area contributed by atoms with Gasteiger partial charge in [0, 0.05) is 18.5 Å². The van der Waals surface area contributed by atoms with Gasteiger partial charge in [0.1, 0.15) is 5.69 Å². The van der Waals surface area contributed by atoms with Crippen LogP contribution < -0.4 is 5.32 Å². The number of furan rings is 1. The molecular weight excluding hydrogens is 352 g/mol. The molecule has 0 spiro atoms. The number of amides is 1. The third kappa shape index (κ3) is 3.45. The minimum Gasteiger partial charge on any atom is -0.463 e. The topological polar surface area (TPSA) is 64.4 Å². The standard InChI is InChI=1S/C20H19ClN2O3/c21-16-6-1-5-14-15(20(24)22-11-13-4-2-8-25-12-13)10-17(23-19(14)16)18-7-3-9-26-18/h1,3,5-7,9-10,13H,2,4,8,11-12H2,(H,22,24). The molecule has 4 rings (SSSR count). The number of carbonyl (C=O) groups excluding carboxylic acids is 1. The highest BCUT2D eigenvalue weighted by Crippen LogP contribution is 2.29. The Morgan fingerprint density at radius 1 is 1.31 bits per heavy atom. The summed E-state index contributed by atoms with van der Waals surface area (Å²) in [5.41, 5.74) is 1.72. The number of aromatic nitrogens is 1. The monoisotopic (exact) mass is 370 g/mol. The number of hydrogen-bond donors (Lipinski definition) is 1. The van der Waals surface area contributed by atoms with Crippen LogP contribution in [0.3, 0.4) is 0 Å². The minimum atomic E-state index is -0.141. The van der Waals surface area contributed by atoms with E-state index in [2.05, 4.69) is 10.3 Å². The molecule has 0 radical (unpaired) electrons. The second-order valence-electron chi connectivity index (χ2n) is 6.46. The predicted octanol–water partition coefficient (Wildman–Crippen LogP) is 4.30. The minimum absolute atomic E-state index is 0.141. The van der Waals surface area contributed by atoms with Crippen LogP contribution in [0.4, 0.5) is 0 Å². The van der Waals surface area contributed by atoms with Crippen molar-refractivity contribution in [3.63, 3.8) is 0 Å². The van der Waals surface area contributed by atoms with Crippen LogP contribution in [-0.4, -0.2) is 30.6 Å². The molecule has 134 valence electrons. The van der Waals surface area contributed by atoms with Crippen molar-refractivity contribution in [2.75, 3.05) is 19.8 Å². The van der Waals surface area contributed by atoms with Gasteiger partial charge in [0.2, 0.25) is 0 Å². The number of nitrogens with zero attached hydrogens (tertiary/aromatic N) is 1. The molecule has 1 saturated heterocycles. The molecule has 0 saturated carbocycles. The summed E-state index contributed by atoms with van der Waals surface area (Å²) < 4.78 is 10.9. The van der Waals surface area contributed by atoms with Gasteiger partial charge in [0.15, 0.2) is 5.76 Å². The maximum Gasteiger partial charge on any atom is 0.252 e. The van der Waals surface area contributed by atoms with Crippen LogP contribution in [0, 0.1) is 5.92 Å². The summed E-state index contributed by atoms with van der Waals surface area (Å²) in [7, 11) is 0. The van der Waals surface area contributed by atoms with Crippen molar-refractivity contribution in [3.05, 3.63) is 53.2 Å². The normalized spacial score (nSPS) is 17.3. The van der Waals surface area contributed by atoms with Gasteiger partial charge in [-0.1, -0.05) is 23.7 Å². The fourth-order valence-electron chi connectivity index (χ4n) is 3.25. The lowest BCUT2D eigenvalue weighted by Gasteiger charge is -2.22. The third-order valence-electron chi connectivity index (χ3n) is 4.61. The number of pyridine rings is 1. The van der Waals surface area contributed by atoms with Crippen molar-refractivity contribution >= 4 is 28.4 Å². The van der Waals surface area contributed by atoms with E-state index in [1.807, 2.05) is 18.2 Å². The number of para-hydroxylation sites is 1. The van der Waals surface area contributed by atoms with E-state index in [0.717, 1.165) is 24.8 Å². The molecule has 1 atom stereocenters. The Labute approximate surface area is 156 Å². The Kier molecular flexibility index (Phi) is 4.91. The summed E-state index contributed by atoms with van der Waals surface area (Å²) in [6, 6.07) is 10.8. The Morgan fingerprint density at radius 3 is 3.00 bits per heavy atom. The zero-order valence-corrected chi connectivity index (χ0v) is 15.0. The number of benzene rings is 1. The number of ether oxygens (including phenoxy) is 1. The van der Waals surface area contributed by atoms with E-state index >= 15 is 0 Å². The van der Waals surface area contributed by atoms with Gasteiger partial charge in [-0.05, 0) is 43.0 Å². The molecule has 1 fully saturated rings. The Morgan fingerprint density at radius 2 is 2.23 bits per heavy atom. The Bertz CT molecular complexity index is 918. The largest absolute Gasteiger partial charge is 0.463 e. The molecule has 3 aromatic rings. The molecule has 1 aliphatic heterocycles. The van der Waals surface area contributed by atoms with E-state index in [4.69, 9.17) is 20.8 Å². The van der Waals surface area contributed by atoms with E-state index in [1.165, 1.54) is 0 Å². The van der Waals surface area contributed by atoms with Gasteiger partial charge >= 0.3 is 0 Å². The first-order chi connectivity index (χ1) is 12.7. The first-order valence-corrected chi connectivity index (χ1v) is 9.09. The van der Waals surface area contributed by atoms with Crippen LogP contribution in [0.2, 0.25) is 5.02 Å². The van der Waals surface area contributed by atoms with Crippen LogP contribution in [-0.2, 0) is 4.74 Å². The van der Waals surface area contributed by atoms with Crippen molar-refractivity contribution in [3.8, 4) is 11.5 Å². The lowest BCUT2D eigenvalue weighted by atomic mass is 10.0. The van der Waals surface area contributed by atoms with Gasteiger partial charge < -0.3 is 14.5 Å². The molecule has 1 aliphatic rings. The predicted molar refractivity (Wildman–Crippen MR) is 100 cm³/mol. The van der Waals surface area contributed by atoms with Crippen LogP contribution in [0.1, 0.15) is 23.2 Å². The van der Waals surface area contributed by atoms with Gasteiger partial charge in [0.25, 0.3) is 5.91 Å². The molecule has 1 aromatic carbocycles. The first-order valence-electron chi connectivity index (χ1n) is 8.71. The summed E-state index contributed by atoms with van der Waals surface area (Å²) in [5.74, 6) is 0.813. The lowest BCUT2D eigenvalue weighted by molar-refractivity contribution is 0.0536. The van der Waals surface area contributed by atoms with Gasteiger partial charge in [-0.3, -0.25) is 4.79 Å². The molecule has 1 amide bonds. The number of nitrogens with one attached hydrogen (secondary N) is 1. The second kappa shape index (κ2) is 7.48. The highest BCUT2D eigenvalue weighted by atomic mass is 35.5. The van der Waals surface area contributed by atoms with Crippen molar-refractivity contribution in [1.29, 1.82) is 0 Å². The smallest absolute Gasteiger partial charge is 0.252 e. The van der Waals surface area contributed by atoms with E-state index in [-0.39, 0.29) is 5.91 Å². The molecule has 1 N–H and O–H groups in total. The summed E-state index contributed by atoms with van der Waals surface area (Å²) >= 11 is 6.32. The van der Waals surface area contributed by atoms with Gasteiger partial charge in [0.05, 0.1) is 29.0 Å². The average Bonchev–Trinajstić information content (AvgIpc) is 3.21. The maximum atomic E-state index is 12.9. The molecule has 26 heavy (non-hydrogen) atoms. The second-order valence-corrected chi connectivity index (χ2v) is 6.87. The van der Waals surface area contributed by atoms with E-state index in [0.29, 0.717) is 46.6 Å². The highest BCUT2D eigenvalue weighted by molar-refractivity contribution is 6.35. The lowest BCUT2D eigenvalue weighted by Crippen LogP contribution is -2.33. The Balaban J connectivity index is 1.68. The third-order valence-corrected chi connectivity index (χ3v) is 4.92. The molecule has 2 aromatic heterocycles. The van der Waals surface area contributed by atoms with Gasteiger partial charge in [-0.2, -0.15) is 0 Å². The molecule has 1 unspecified atom stereocenters. The number of hydrogen-bond acceptors (Lipinski definition) is 4. The van der Waals surface area contributed by atoms with Crippen LogP contribution in [0.15, 0.2) is 47.1 Å². The fourth-order valence-corrected chi connectivity index (χ4v) is 3.47. The number of fused-ring (bicyclic) bond motifs is 1. The summed E-state index contributed by atoms with van der Waals surface area (Å²) in [6.45, 7) is 2.10. The molecule has 3 heterocycles. The quantitative estimate of drug-likeness (QED) is 0.743. The molecule has 0 aliphatic carbocycles. The Hall–Kier alpha value is -2.37. The van der Waals surface area contributed by atoms with Crippen molar-refractivity contribution in [2.24, 2.45) is 5.92 Å². The molecular formula is C20H19ClN2O3. The summed E-state index contributed by atoms with van der Waals surface area (Å²) in [4.78, 5) is 17.5. The van der Waals surface area contributed by atoms with Crippen LogP contribution in [0.25, 0.3) is 22.4 Å². The van der Waals surface area contributed by atoms with Crippen molar-refractivity contribution in [2.45, 2.75) is 12.8 Å². The number of halogens is 1. The van der Waals surface area contributed by atoms with E-state index in [1.54, 1.807) is 24.5 Å². The van der Waals surface area contributed by atoms with Crippen molar-refractivity contribution in [1.82, 2.24) is 10.3 Å². The number of rotatable bonds is 4. The maximum absolute atomic E-state index is 12.9. The zero-order valence-electron chi connectivity index (χ0n) is 14.2. The highest BCUT2D eigenvalue weighted by Gasteiger charge is 2.19. The molecule has 0 bridgehead atoms. The van der Waals surface area contributed by atoms with Crippen molar-refractivity contribution < 1.29 is 13.9 Å². The van der Waals surface area contributed by atoms with E-state index in [9.17, 15) is 4.79 Å². The SMILES string of the molecule is O=C(NCC1CCCOC1)c1cc(-c2ccco2)nc2c(Cl)cccc12. The number of carbonyl (C=O) groups is 1. The first kappa shape index (κ1) is 17.1. The van der Waals surface area contributed by atoms with E-state index < -0.39 is 0 Å². The zero-order chi connectivity index (χ0) is 17.9. The fraction of sp³-hybridized carbons (Fsp3) is 0.300. The van der Waals surface area contributed by atoms with Crippen LogP contribution >= 0.6 is 11.6 Å². The summed E-state index contributed by atoms with van der Waals surface area (Å²) in [6.07, 6.45) is 3.69. The van der Waals surface area contributed by atoms with Gasteiger partial charge in [-0.15, -0.1) is 0 Å². The average molecular weight is 371 g/mol.